The predicted octanol–water partition coefficient (Wildman–Crippen LogP) is 2.86. The summed E-state index contributed by atoms with van der Waals surface area (Å²) in [6.45, 7) is -1.88. The Hall–Kier alpha value is -1.15. The van der Waals surface area contributed by atoms with Crippen LogP contribution in [0.5, 0.6) is 0 Å². The quantitative estimate of drug-likeness (QED) is 0.810. The maximum absolute atomic E-state index is 12.4. The molecular weight excluding hydrogens is 264 g/mol. The van der Waals surface area contributed by atoms with Crippen molar-refractivity contribution in [3.63, 3.8) is 0 Å². The van der Waals surface area contributed by atoms with Crippen molar-refractivity contribution in [2.75, 3.05) is 6.61 Å². The molecule has 0 aliphatic carbocycles. The number of aromatic carboxylic acids is 1. The summed E-state index contributed by atoms with van der Waals surface area (Å²) >= 11 is 0.907. The second-order valence-electron chi connectivity index (χ2n) is 3.13. The highest BCUT2D eigenvalue weighted by atomic mass is 32.1. The van der Waals surface area contributed by atoms with Gasteiger partial charge in [-0.1, -0.05) is 0 Å². The molecule has 0 bridgehead atoms. The predicted molar refractivity (Wildman–Crippen MR) is 51.9 cm³/mol. The van der Waals surface area contributed by atoms with E-state index in [0.717, 1.165) is 11.3 Å². The maximum atomic E-state index is 12.4. The number of hydrogen-bond donors (Lipinski definition) is 1. The highest BCUT2D eigenvalue weighted by molar-refractivity contribution is 7.12. The lowest BCUT2D eigenvalue weighted by atomic mass is 10.3. The molecule has 96 valence electrons. The molecule has 8 heteroatoms. The molecule has 0 amide bonds. The van der Waals surface area contributed by atoms with Crippen LogP contribution in [0, 0.1) is 0 Å². The van der Waals surface area contributed by atoms with Crippen LogP contribution in [0.1, 0.15) is 15.2 Å². The van der Waals surface area contributed by atoms with Crippen molar-refractivity contribution < 1.29 is 32.2 Å². The second-order valence-corrected chi connectivity index (χ2v) is 4.05. The minimum atomic E-state index is -4.22. The van der Waals surface area contributed by atoms with Crippen molar-refractivity contribution in [2.24, 2.45) is 0 Å². The Balaban J connectivity index is 2.52. The van der Waals surface area contributed by atoms with Crippen molar-refractivity contribution in [1.29, 1.82) is 0 Å². The van der Waals surface area contributed by atoms with Gasteiger partial charge in [0.1, 0.15) is 11.5 Å². The van der Waals surface area contributed by atoms with Crippen LogP contribution < -0.4 is 0 Å². The van der Waals surface area contributed by atoms with Gasteiger partial charge in [0, 0.05) is 5.56 Å². The Labute approximate surface area is 97.6 Å². The topological polar surface area (TPSA) is 46.5 Å². The zero-order chi connectivity index (χ0) is 13.1. The van der Waals surface area contributed by atoms with Gasteiger partial charge in [-0.05, 0) is 11.4 Å². The lowest BCUT2D eigenvalue weighted by Crippen LogP contribution is -2.32. The summed E-state index contributed by atoms with van der Waals surface area (Å²) in [6.07, 6.45) is -3.80. The van der Waals surface area contributed by atoms with Crippen LogP contribution in [-0.2, 0) is 11.3 Å². The van der Waals surface area contributed by atoms with Gasteiger partial charge in [0.2, 0.25) is 0 Å². The summed E-state index contributed by atoms with van der Waals surface area (Å²) in [5.41, 5.74) is 0.188. The van der Waals surface area contributed by atoms with Gasteiger partial charge in [0.05, 0.1) is 6.61 Å². The van der Waals surface area contributed by atoms with Crippen LogP contribution >= 0.6 is 11.3 Å². The first-order valence-electron chi connectivity index (χ1n) is 4.38. The molecule has 0 radical (unpaired) electrons. The zero-order valence-corrected chi connectivity index (χ0v) is 9.15. The third kappa shape index (κ3) is 3.67. The van der Waals surface area contributed by atoms with Crippen molar-refractivity contribution in [3.05, 3.63) is 21.9 Å². The van der Waals surface area contributed by atoms with Gasteiger partial charge in [-0.15, -0.1) is 11.3 Å². The lowest BCUT2D eigenvalue weighted by Gasteiger charge is -2.14. The lowest BCUT2D eigenvalue weighted by molar-refractivity contribution is -0.168. The second kappa shape index (κ2) is 5.46. The number of hydrogen-bond acceptors (Lipinski definition) is 3. The molecule has 0 atom stereocenters. The monoisotopic (exact) mass is 272 g/mol. The maximum Gasteiger partial charge on any atom is 0.346 e. The summed E-state index contributed by atoms with van der Waals surface area (Å²) in [5, 5.41) is 10.1. The first-order valence-corrected chi connectivity index (χ1v) is 5.26. The number of rotatable bonds is 6. The van der Waals surface area contributed by atoms with E-state index in [1.807, 2.05) is 0 Å². The summed E-state index contributed by atoms with van der Waals surface area (Å²) in [6, 6.07) is 1.38. The van der Waals surface area contributed by atoms with Crippen molar-refractivity contribution in [1.82, 2.24) is 0 Å². The van der Waals surface area contributed by atoms with E-state index < -0.39 is 31.5 Å². The van der Waals surface area contributed by atoms with E-state index >= 15 is 0 Å². The van der Waals surface area contributed by atoms with E-state index in [1.165, 1.54) is 11.4 Å². The zero-order valence-electron chi connectivity index (χ0n) is 8.33. The first-order chi connectivity index (χ1) is 7.84. The Morgan fingerprint density at radius 1 is 1.53 bits per heavy atom. The summed E-state index contributed by atoms with van der Waals surface area (Å²) in [5.74, 6) is -5.43. The molecule has 1 heterocycles. The van der Waals surface area contributed by atoms with E-state index in [1.54, 1.807) is 0 Å². The molecule has 0 aliphatic rings. The van der Waals surface area contributed by atoms with Gasteiger partial charge in [-0.2, -0.15) is 8.78 Å². The van der Waals surface area contributed by atoms with Crippen LogP contribution in [0.2, 0.25) is 0 Å². The summed E-state index contributed by atoms with van der Waals surface area (Å²) < 4.78 is 52.8. The minimum absolute atomic E-state index is 0.0506. The first kappa shape index (κ1) is 13.9. The number of thiophene rings is 1. The van der Waals surface area contributed by atoms with E-state index in [4.69, 9.17) is 5.11 Å². The number of carboxylic acid groups (broad SMARTS) is 1. The fourth-order valence-electron chi connectivity index (χ4n) is 0.997. The molecule has 3 nitrogen and oxygen atoms in total. The van der Waals surface area contributed by atoms with Crippen molar-refractivity contribution in [3.8, 4) is 0 Å². The SMILES string of the molecule is O=C(O)c1sccc1COCC(F)(F)C(F)F. The summed E-state index contributed by atoms with van der Waals surface area (Å²) in [4.78, 5) is 10.6. The highest BCUT2D eigenvalue weighted by Crippen LogP contribution is 2.24. The highest BCUT2D eigenvalue weighted by Gasteiger charge is 2.41. The molecule has 0 saturated heterocycles. The molecule has 17 heavy (non-hydrogen) atoms. The van der Waals surface area contributed by atoms with Gasteiger partial charge in [0.15, 0.2) is 0 Å². The third-order valence-electron chi connectivity index (χ3n) is 1.81. The van der Waals surface area contributed by atoms with Crippen LogP contribution in [0.25, 0.3) is 0 Å². The number of halogens is 4. The fraction of sp³-hybridized carbons (Fsp3) is 0.444. The largest absolute Gasteiger partial charge is 0.477 e. The Bertz CT molecular complexity index is 391. The van der Waals surface area contributed by atoms with Gasteiger partial charge >= 0.3 is 18.3 Å². The van der Waals surface area contributed by atoms with Crippen LogP contribution in [0.15, 0.2) is 11.4 Å². The number of carboxylic acids is 1. The van der Waals surface area contributed by atoms with Gasteiger partial charge < -0.3 is 9.84 Å². The number of carbonyl (C=O) groups is 1. The summed E-state index contributed by atoms with van der Waals surface area (Å²) in [7, 11) is 0. The van der Waals surface area contributed by atoms with Gasteiger partial charge in [-0.25, -0.2) is 13.6 Å². The molecule has 1 N–H and O–H groups in total. The van der Waals surface area contributed by atoms with Crippen molar-refractivity contribution in [2.45, 2.75) is 19.0 Å². The molecule has 0 aromatic carbocycles. The van der Waals surface area contributed by atoms with E-state index in [0.29, 0.717) is 0 Å². The average molecular weight is 272 g/mol. The average Bonchev–Trinajstić information content (AvgIpc) is 2.65. The molecule has 0 unspecified atom stereocenters. The molecule has 0 fully saturated rings. The molecule has 0 saturated carbocycles. The Morgan fingerprint density at radius 2 is 2.18 bits per heavy atom. The molecular formula is C9H8F4O3S. The van der Waals surface area contributed by atoms with E-state index in [9.17, 15) is 22.4 Å². The van der Waals surface area contributed by atoms with E-state index in [-0.39, 0.29) is 10.4 Å². The molecule has 1 rings (SSSR count). The van der Waals surface area contributed by atoms with Gasteiger partial charge in [-0.3, -0.25) is 0 Å². The third-order valence-corrected chi connectivity index (χ3v) is 2.76. The van der Waals surface area contributed by atoms with E-state index in [2.05, 4.69) is 4.74 Å². The van der Waals surface area contributed by atoms with Gasteiger partial charge in [0.25, 0.3) is 0 Å². The molecule has 0 aliphatic heterocycles. The van der Waals surface area contributed by atoms with Crippen LogP contribution in [0.3, 0.4) is 0 Å². The van der Waals surface area contributed by atoms with Crippen molar-refractivity contribution >= 4 is 17.3 Å². The smallest absolute Gasteiger partial charge is 0.346 e. The normalized spacial score (nSPS) is 12.1. The van der Waals surface area contributed by atoms with Crippen LogP contribution in [-0.4, -0.2) is 30.0 Å². The molecule has 0 spiro atoms. The van der Waals surface area contributed by atoms with Crippen LogP contribution in [0.4, 0.5) is 17.6 Å². The Morgan fingerprint density at radius 3 is 2.71 bits per heavy atom. The standard InChI is InChI=1S/C9H8F4O3S/c10-8(11)9(12,13)4-16-3-5-1-2-17-6(5)7(14)15/h1-2,8H,3-4H2,(H,14,15). The molecule has 1 aromatic rings. The Kier molecular flexibility index (Phi) is 4.47. The number of ether oxygens (including phenoxy) is 1. The number of alkyl halides is 4. The minimum Gasteiger partial charge on any atom is -0.477 e. The fourth-order valence-corrected chi connectivity index (χ4v) is 1.74. The molecule has 1 aromatic heterocycles.